The molecule has 0 atom stereocenters. The van der Waals surface area contributed by atoms with Crippen molar-refractivity contribution < 1.29 is 8.42 Å². The van der Waals surface area contributed by atoms with Gasteiger partial charge >= 0.3 is 0 Å². The second-order valence-electron chi connectivity index (χ2n) is 6.81. The van der Waals surface area contributed by atoms with Crippen molar-refractivity contribution in [3.05, 3.63) is 75.7 Å². The van der Waals surface area contributed by atoms with Crippen molar-refractivity contribution >= 4 is 37.3 Å². The van der Waals surface area contributed by atoms with E-state index >= 15 is 0 Å². The van der Waals surface area contributed by atoms with Crippen molar-refractivity contribution in [1.82, 2.24) is 14.8 Å². The molecule has 0 fully saturated rings. The van der Waals surface area contributed by atoms with Gasteiger partial charge in [0.1, 0.15) is 0 Å². The number of rotatable bonds is 5. The van der Waals surface area contributed by atoms with E-state index in [-0.39, 0.29) is 10.5 Å². The Morgan fingerprint density at radius 1 is 1.20 bits per heavy atom. The van der Waals surface area contributed by atoms with Crippen LogP contribution in [0.2, 0.25) is 0 Å². The summed E-state index contributed by atoms with van der Waals surface area (Å²) in [6.07, 6.45) is 0. The number of aliphatic imine (C=N–C) groups is 1. The zero-order valence-electron chi connectivity index (χ0n) is 16.3. The Balaban J connectivity index is 1.63. The van der Waals surface area contributed by atoms with E-state index in [1.165, 1.54) is 28.2 Å². The first-order chi connectivity index (χ1) is 14.2. The van der Waals surface area contributed by atoms with E-state index in [2.05, 4.69) is 15.1 Å². The minimum atomic E-state index is -3.73. The van der Waals surface area contributed by atoms with Crippen molar-refractivity contribution in [2.75, 3.05) is 0 Å². The van der Waals surface area contributed by atoms with Gasteiger partial charge in [0.25, 0.3) is 5.56 Å². The molecule has 0 unspecified atom stereocenters. The average molecular weight is 442 g/mol. The molecule has 4 aromatic rings. The summed E-state index contributed by atoms with van der Waals surface area (Å²) in [5, 5.41) is 8.77. The number of sulfonamides is 1. The molecule has 0 bridgehead atoms. The lowest BCUT2D eigenvalue weighted by molar-refractivity contribution is 0.598. The lowest BCUT2D eigenvalue weighted by Gasteiger charge is -2.02. The van der Waals surface area contributed by atoms with E-state index in [1.54, 1.807) is 19.1 Å². The number of hydrogen-bond acceptors (Lipinski definition) is 6. The fourth-order valence-corrected chi connectivity index (χ4v) is 4.58. The van der Waals surface area contributed by atoms with Gasteiger partial charge in [-0.05, 0) is 43.7 Å². The maximum Gasteiger partial charge on any atom is 0.282 e. The zero-order valence-corrected chi connectivity index (χ0v) is 17.9. The number of aryl methyl sites for hydroxylation is 1. The lowest BCUT2D eigenvalue weighted by Crippen LogP contribution is -2.19. The van der Waals surface area contributed by atoms with Gasteiger partial charge < -0.3 is 0 Å². The number of para-hydroxylation sites is 1. The normalized spacial score (nSPS) is 12.6. The fourth-order valence-electron chi connectivity index (χ4n) is 3.14. The molecule has 0 spiro atoms. The van der Waals surface area contributed by atoms with Gasteiger partial charge in [-0.3, -0.25) is 14.9 Å². The Kier molecular flexibility index (Phi) is 5.14. The number of aromatic nitrogens is 3. The summed E-state index contributed by atoms with van der Waals surface area (Å²) in [6.45, 7) is 3.90. The third-order valence-corrected chi connectivity index (χ3v) is 6.61. The summed E-state index contributed by atoms with van der Waals surface area (Å²) in [4.78, 5) is 22.1. The predicted octanol–water partition coefficient (Wildman–Crippen LogP) is 2.74. The molecule has 0 aliphatic rings. The molecule has 0 aliphatic heterocycles. The minimum absolute atomic E-state index is 0.0483. The Morgan fingerprint density at radius 2 is 1.90 bits per heavy atom. The number of nitrogens with two attached hydrogens (primary N) is 1. The SMILES string of the molecule is CC(=NCc1ccc(S(N)(=O)=O)cc1)c1c(C)[nH]n(-c2nc3ccccc3s2)c1=O. The van der Waals surface area contributed by atoms with Crippen LogP contribution < -0.4 is 10.7 Å². The Morgan fingerprint density at radius 3 is 2.57 bits per heavy atom. The molecule has 8 nitrogen and oxygen atoms in total. The first-order valence-electron chi connectivity index (χ1n) is 9.05. The van der Waals surface area contributed by atoms with Gasteiger partial charge in [-0.25, -0.2) is 18.5 Å². The number of benzene rings is 2. The van der Waals surface area contributed by atoms with Gasteiger partial charge in [-0.2, -0.15) is 4.68 Å². The highest BCUT2D eigenvalue weighted by Gasteiger charge is 2.17. The molecule has 10 heteroatoms. The second kappa shape index (κ2) is 7.63. The third-order valence-electron chi connectivity index (χ3n) is 4.66. The van der Waals surface area contributed by atoms with Crippen molar-refractivity contribution in [1.29, 1.82) is 0 Å². The van der Waals surface area contributed by atoms with Crippen LogP contribution in [0.4, 0.5) is 0 Å². The topological polar surface area (TPSA) is 123 Å². The van der Waals surface area contributed by atoms with Crippen LogP contribution in [0.3, 0.4) is 0 Å². The fraction of sp³-hybridized carbons (Fsp3) is 0.150. The van der Waals surface area contributed by atoms with Gasteiger partial charge in [0.15, 0.2) is 0 Å². The summed E-state index contributed by atoms with van der Waals surface area (Å²) >= 11 is 1.43. The molecule has 4 rings (SSSR count). The molecule has 2 aromatic carbocycles. The first-order valence-corrected chi connectivity index (χ1v) is 11.4. The monoisotopic (exact) mass is 441 g/mol. The van der Waals surface area contributed by atoms with E-state index in [9.17, 15) is 13.2 Å². The van der Waals surface area contributed by atoms with Crippen LogP contribution in [-0.4, -0.2) is 28.9 Å². The first kappa shape index (κ1) is 20.2. The number of aromatic amines is 1. The molecule has 30 heavy (non-hydrogen) atoms. The number of thiazole rings is 1. The average Bonchev–Trinajstić information content (AvgIpc) is 3.26. The summed E-state index contributed by atoms with van der Waals surface area (Å²) < 4.78 is 25.1. The lowest BCUT2D eigenvalue weighted by atomic mass is 10.1. The Bertz CT molecular complexity index is 1390. The standard InChI is InChI=1S/C20H19N5O3S2/c1-12(22-11-14-7-9-15(10-8-14)30(21,27)28)18-13(2)24-25(19(18)26)20-23-16-5-3-4-6-17(16)29-20/h3-10,24H,11H2,1-2H3,(H2,21,27,28). The molecular formula is C20H19N5O3S2. The number of primary sulfonamides is 1. The van der Waals surface area contributed by atoms with Crippen LogP contribution in [0, 0.1) is 6.92 Å². The number of nitrogens with one attached hydrogen (secondary N) is 1. The van der Waals surface area contributed by atoms with E-state index in [0.717, 1.165) is 15.8 Å². The maximum absolute atomic E-state index is 13.0. The van der Waals surface area contributed by atoms with Crippen LogP contribution >= 0.6 is 11.3 Å². The molecule has 0 amide bonds. The van der Waals surface area contributed by atoms with E-state index in [1.807, 2.05) is 31.2 Å². The van der Waals surface area contributed by atoms with Gasteiger partial charge in [0.2, 0.25) is 15.2 Å². The third kappa shape index (κ3) is 3.84. The van der Waals surface area contributed by atoms with Crippen LogP contribution in [0.1, 0.15) is 23.7 Å². The minimum Gasteiger partial charge on any atom is -0.293 e. The van der Waals surface area contributed by atoms with Crippen LogP contribution in [0.5, 0.6) is 0 Å². The van der Waals surface area contributed by atoms with Crippen LogP contribution in [0.15, 0.2) is 63.2 Å². The van der Waals surface area contributed by atoms with E-state index in [0.29, 0.717) is 28.6 Å². The van der Waals surface area contributed by atoms with E-state index < -0.39 is 10.0 Å². The van der Waals surface area contributed by atoms with Crippen molar-refractivity contribution in [3.63, 3.8) is 0 Å². The summed E-state index contributed by atoms with van der Waals surface area (Å²) in [5.74, 6) is 0. The Labute approximate surface area is 176 Å². The van der Waals surface area contributed by atoms with Gasteiger partial charge in [0.05, 0.1) is 27.2 Å². The number of fused-ring (bicyclic) bond motifs is 1. The zero-order chi connectivity index (χ0) is 21.5. The van der Waals surface area contributed by atoms with Crippen LogP contribution in [-0.2, 0) is 16.6 Å². The quantitative estimate of drug-likeness (QED) is 0.462. The second-order valence-corrected chi connectivity index (χ2v) is 9.38. The summed E-state index contributed by atoms with van der Waals surface area (Å²) in [5.41, 5.74) is 3.22. The number of hydrogen-bond donors (Lipinski definition) is 2. The molecule has 0 saturated heterocycles. The van der Waals surface area contributed by atoms with Crippen molar-refractivity contribution in [3.8, 4) is 5.13 Å². The largest absolute Gasteiger partial charge is 0.293 e. The summed E-state index contributed by atoms with van der Waals surface area (Å²) in [6, 6.07) is 13.9. The highest BCUT2D eigenvalue weighted by molar-refractivity contribution is 7.89. The molecule has 0 aliphatic carbocycles. The number of nitrogens with zero attached hydrogens (tertiary/aromatic N) is 3. The predicted molar refractivity (Wildman–Crippen MR) is 118 cm³/mol. The number of H-pyrrole nitrogens is 1. The van der Waals surface area contributed by atoms with Crippen molar-refractivity contribution in [2.45, 2.75) is 25.3 Å². The van der Waals surface area contributed by atoms with Crippen molar-refractivity contribution in [2.24, 2.45) is 10.1 Å². The highest BCUT2D eigenvalue weighted by atomic mass is 32.2. The molecule has 0 radical (unpaired) electrons. The maximum atomic E-state index is 13.0. The van der Waals surface area contributed by atoms with Crippen LogP contribution in [0.25, 0.3) is 15.3 Å². The van der Waals surface area contributed by atoms with Gasteiger partial charge in [-0.15, -0.1) is 0 Å². The molecule has 0 saturated carbocycles. The summed E-state index contributed by atoms with van der Waals surface area (Å²) in [7, 11) is -3.73. The molecular weight excluding hydrogens is 422 g/mol. The smallest absolute Gasteiger partial charge is 0.282 e. The Hall–Kier alpha value is -3.08. The molecule has 2 heterocycles. The molecule has 3 N–H and O–H groups in total. The molecule has 154 valence electrons. The van der Waals surface area contributed by atoms with E-state index in [4.69, 9.17) is 5.14 Å². The highest BCUT2D eigenvalue weighted by Crippen LogP contribution is 2.23. The molecule has 2 aromatic heterocycles. The van der Waals surface area contributed by atoms with Gasteiger partial charge in [0, 0.05) is 11.4 Å². The van der Waals surface area contributed by atoms with Gasteiger partial charge in [-0.1, -0.05) is 35.6 Å².